The van der Waals surface area contributed by atoms with E-state index in [1.165, 1.54) is 83.7 Å². The van der Waals surface area contributed by atoms with Crippen molar-refractivity contribution in [2.45, 2.75) is 83.1 Å². The molecule has 1 atom stereocenters. The molecule has 0 aromatic carbocycles. The fourth-order valence-corrected chi connectivity index (χ4v) is 4.26. The number of hydrogen-bond acceptors (Lipinski definition) is 2. The molecule has 0 amide bonds. The van der Waals surface area contributed by atoms with Gasteiger partial charge in [0.1, 0.15) is 0 Å². The molecule has 0 bridgehead atoms. The van der Waals surface area contributed by atoms with Gasteiger partial charge in [-0.1, -0.05) is 45.4 Å². The highest BCUT2D eigenvalue weighted by atomic mass is 15.2. The van der Waals surface area contributed by atoms with E-state index in [4.69, 9.17) is 5.73 Å². The van der Waals surface area contributed by atoms with Crippen molar-refractivity contribution in [3.05, 3.63) is 0 Å². The van der Waals surface area contributed by atoms with Gasteiger partial charge in [-0.3, -0.25) is 4.90 Å². The molecule has 2 heteroatoms. The number of hydrogen-bond donors (Lipinski definition) is 1. The summed E-state index contributed by atoms with van der Waals surface area (Å²) in [5.74, 6) is 0.966. The van der Waals surface area contributed by atoms with Gasteiger partial charge in [-0.05, 0) is 51.1 Å². The van der Waals surface area contributed by atoms with Gasteiger partial charge in [0, 0.05) is 12.1 Å². The summed E-state index contributed by atoms with van der Waals surface area (Å²) in [6.45, 7) is 5.84. The molecule has 0 aromatic rings. The van der Waals surface area contributed by atoms with Crippen LogP contribution in [0.5, 0.6) is 0 Å². The molecule has 1 saturated carbocycles. The second-order valence-corrected chi connectivity index (χ2v) is 6.89. The van der Waals surface area contributed by atoms with Gasteiger partial charge >= 0.3 is 0 Å². The summed E-state index contributed by atoms with van der Waals surface area (Å²) in [6.07, 6.45) is 15.4. The fourth-order valence-electron chi connectivity index (χ4n) is 4.26. The monoisotopic (exact) mass is 266 g/mol. The highest BCUT2D eigenvalue weighted by Gasteiger charge is 2.35. The van der Waals surface area contributed by atoms with Crippen LogP contribution in [0.25, 0.3) is 0 Å². The molecule has 2 aliphatic rings. The van der Waals surface area contributed by atoms with Gasteiger partial charge in [-0.15, -0.1) is 0 Å². The molecule has 112 valence electrons. The van der Waals surface area contributed by atoms with E-state index in [0.717, 1.165) is 12.5 Å². The molecule has 1 unspecified atom stereocenters. The Morgan fingerprint density at radius 3 is 2.26 bits per heavy atom. The van der Waals surface area contributed by atoms with Gasteiger partial charge in [0.25, 0.3) is 0 Å². The minimum absolute atomic E-state index is 0.350. The van der Waals surface area contributed by atoms with E-state index in [-0.39, 0.29) is 0 Å². The second-order valence-electron chi connectivity index (χ2n) is 6.89. The normalized spacial score (nSPS) is 30.3. The van der Waals surface area contributed by atoms with Gasteiger partial charge in [-0.25, -0.2) is 0 Å². The fraction of sp³-hybridized carbons (Fsp3) is 1.00. The van der Waals surface area contributed by atoms with E-state index in [1.54, 1.807) is 0 Å². The van der Waals surface area contributed by atoms with Crippen molar-refractivity contribution >= 4 is 0 Å². The number of nitrogens with zero attached hydrogens (tertiary/aromatic N) is 1. The van der Waals surface area contributed by atoms with E-state index >= 15 is 0 Å². The molecule has 1 heterocycles. The average Bonchev–Trinajstić information content (AvgIpc) is 2.65. The molecule has 0 aromatic heterocycles. The van der Waals surface area contributed by atoms with Gasteiger partial charge in [0.05, 0.1) is 0 Å². The van der Waals surface area contributed by atoms with Crippen LogP contribution in [0.2, 0.25) is 0 Å². The standard InChI is InChI=1S/C17H34N2/c1-2-16-9-8-13-19(14-10-16)17(15-18)11-6-4-3-5-7-12-17/h16H,2-15,18H2,1H3. The third kappa shape index (κ3) is 3.95. The molecule has 2 rings (SSSR count). The second kappa shape index (κ2) is 7.64. The van der Waals surface area contributed by atoms with Crippen LogP contribution in [0.1, 0.15) is 77.6 Å². The Morgan fingerprint density at radius 1 is 0.947 bits per heavy atom. The van der Waals surface area contributed by atoms with E-state index < -0.39 is 0 Å². The number of rotatable bonds is 3. The maximum atomic E-state index is 6.27. The summed E-state index contributed by atoms with van der Waals surface area (Å²) in [7, 11) is 0. The van der Waals surface area contributed by atoms with Gasteiger partial charge in [0.15, 0.2) is 0 Å². The van der Waals surface area contributed by atoms with Crippen LogP contribution in [-0.4, -0.2) is 30.1 Å². The molecular weight excluding hydrogens is 232 g/mol. The largest absolute Gasteiger partial charge is 0.329 e. The summed E-state index contributed by atoms with van der Waals surface area (Å²) in [5.41, 5.74) is 6.62. The molecule has 0 spiro atoms. The quantitative estimate of drug-likeness (QED) is 0.838. The maximum Gasteiger partial charge on any atom is 0.0331 e. The SMILES string of the molecule is CCC1CCCN(C2(CN)CCCCCCC2)CC1. The zero-order chi connectivity index (χ0) is 13.6. The van der Waals surface area contributed by atoms with E-state index in [1.807, 2.05) is 0 Å². The van der Waals surface area contributed by atoms with Crippen molar-refractivity contribution in [2.75, 3.05) is 19.6 Å². The van der Waals surface area contributed by atoms with Crippen molar-refractivity contribution < 1.29 is 0 Å². The van der Waals surface area contributed by atoms with Crippen LogP contribution in [0.15, 0.2) is 0 Å². The van der Waals surface area contributed by atoms with Gasteiger partial charge in [-0.2, -0.15) is 0 Å². The molecule has 2 fully saturated rings. The van der Waals surface area contributed by atoms with E-state index in [9.17, 15) is 0 Å². The lowest BCUT2D eigenvalue weighted by Gasteiger charge is -2.44. The summed E-state index contributed by atoms with van der Waals surface area (Å²) in [4.78, 5) is 2.80. The van der Waals surface area contributed by atoms with Crippen molar-refractivity contribution in [1.29, 1.82) is 0 Å². The topological polar surface area (TPSA) is 29.3 Å². The van der Waals surface area contributed by atoms with Crippen LogP contribution in [0, 0.1) is 5.92 Å². The smallest absolute Gasteiger partial charge is 0.0331 e. The Bertz CT molecular complexity index is 244. The zero-order valence-corrected chi connectivity index (χ0v) is 13.0. The minimum Gasteiger partial charge on any atom is -0.329 e. The first kappa shape index (κ1) is 15.3. The van der Waals surface area contributed by atoms with Crippen molar-refractivity contribution in [1.82, 2.24) is 4.90 Å². The molecular formula is C17H34N2. The van der Waals surface area contributed by atoms with Gasteiger partial charge in [0.2, 0.25) is 0 Å². The molecule has 1 aliphatic carbocycles. The van der Waals surface area contributed by atoms with Crippen LogP contribution < -0.4 is 5.73 Å². The highest BCUT2D eigenvalue weighted by molar-refractivity contribution is 4.93. The Morgan fingerprint density at radius 2 is 1.63 bits per heavy atom. The van der Waals surface area contributed by atoms with Crippen LogP contribution in [0.3, 0.4) is 0 Å². The van der Waals surface area contributed by atoms with Crippen molar-refractivity contribution in [3.8, 4) is 0 Å². The Hall–Kier alpha value is -0.0800. The van der Waals surface area contributed by atoms with Gasteiger partial charge < -0.3 is 5.73 Å². The third-order valence-corrected chi connectivity index (χ3v) is 5.76. The lowest BCUT2D eigenvalue weighted by molar-refractivity contribution is 0.0689. The first-order valence-corrected chi connectivity index (χ1v) is 8.76. The van der Waals surface area contributed by atoms with E-state index in [2.05, 4.69) is 11.8 Å². The van der Waals surface area contributed by atoms with Crippen molar-refractivity contribution in [2.24, 2.45) is 11.7 Å². The first-order chi connectivity index (χ1) is 9.30. The lowest BCUT2D eigenvalue weighted by Crippen LogP contribution is -2.54. The summed E-state index contributed by atoms with van der Waals surface area (Å²) in [6, 6.07) is 0. The highest BCUT2D eigenvalue weighted by Crippen LogP contribution is 2.34. The minimum atomic E-state index is 0.350. The Balaban J connectivity index is 2.01. The third-order valence-electron chi connectivity index (χ3n) is 5.76. The first-order valence-electron chi connectivity index (χ1n) is 8.76. The lowest BCUT2D eigenvalue weighted by atomic mass is 9.82. The predicted molar refractivity (Wildman–Crippen MR) is 83.3 cm³/mol. The Labute approximate surface area is 120 Å². The summed E-state index contributed by atoms with van der Waals surface area (Å²) < 4.78 is 0. The average molecular weight is 266 g/mol. The van der Waals surface area contributed by atoms with Crippen LogP contribution in [-0.2, 0) is 0 Å². The zero-order valence-electron chi connectivity index (χ0n) is 13.0. The molecule has 19 heavy (non-hydrogen) atoms. The molecule has 1 aliphatic heterocycles. The Kier molecular flexibility index (Phi) is 6.15. The summed E-state index contributed by atoms with van der Waals surface area (Å²) >= 11 is 0. The predicted octanol–water partition coefficient (Wildman–Crippen LogP) is 3.94. The molecule has 2 N–H and O–H groups in total. The van der Waals surface area contributed by atoms with E-state index in [0.29, 0.717) is 5.54 Å². The molecule has 2 nitrogen and oxygen atoms in total. The number of likely N-dealkylation sites (tertiary alicyclic amines) is 1. The van der Waals surface area contributed by atoms with Crippen LogP contribution in [0.4, 0.5) is 0 Å². The molecule has 0 radical (unpaired) electrons. The summed E-state index contributed by atoms with van der Waals surface area (Å²) in [5, 5.41) is 0. The maximum absolute atomic E-state index is 6.27. The number of nitrogens with two attached hydrogens (primary N) is 1. The van der Waals surface area contributed by atoms with Crippen LogP contribution >= 0.6 is 0 Å². The molecule has 1 saturated heterocycles. The van der Waals surface area contributed by atoms with Crippen molar-refractivity contribution in [3.63, 3.8) is 0 Å².